The predicted molar refractivity (Wildman–Crippen MR) is 91.8 cm³/mol. The maximum Gasteiger partial charge on any atom is 0.264 e. The molecule has 25 heavy (non-hydrogen) atoms. The first-order valence-corrected chi connectivity index (χ1v) is 8.98. The molecule has 4 rings (SSSR count). The summed E-state index contributed by atoms with van der Waals surface area (Å²) >= 11 is 0. The molecule has 0 bridgehead atoms. The maximum absolute atomic E-state index is 13.2. The van der Waals surface area contributed by atoms with Gasteiger partial charge in [-0.1, -0.05) is 6.07 Å². The molecule has 0 saturated heterocycles. The zero-order valence-corrected chi connectivity index (χ0v) is 13.7. The quantitative estimate of drug-likeness (QED) is 0.753. The Kier molecular flexibility index (Phi) is 3.33. The number of fused-ring (bicyclic) bond motifs is 2. The maximum atomic E-state index is 13.2. The van der Waals surface area contributed by atoms with Gasteiger partial charge < -0.3 is 4.98 Å². The van der Waals surface area contributed by atoms with Crippen molar-refractivity contribution in [3.05, 3.63) is 64.3 Å². The van der Waals surface area contributed by atoms with Gasteiger partial charge >= 0.3 is 0 Å². The summed E-state index contributed by atoms with van der Waals surface area (Å²) in [6.45, 7) is 0.272. The number of aromatic nitrogens is 2. The zero-order valence-electron chi connectivity index (χ0n) is 12.9. The molecule has 0 radical (unpaired) electrons. The molecule has 3 heterocycles. The fourth-order valence-electron chi connectivity index (χ4n) is 3.09. The molecule has 0 unspecified atom stereocenters. The highest BCUT2D eigenvalue weighted by Crippen LogP contribution is 2.34. The van der Waals surface area contributed by atoms with Crippen LogP contribution in [0.3, 0.4) is 0 Å². The molecule has 0 saturated carbocycles. The van der Waals surface area contributed by atoms with Crippen molar-refractivity contribution < 1.29 is 8.42 Å². The van der Waals surface area contributed by atoms with E-state index in [0.717, 1.165) is 5.56 Å². The van der Waals surface area contributed by atoms with Gasteiger partial charge in [-0.2, -0.15) is 5.26 Å². The number of nitriles is 1. The number of H-pyrrole nitrogens is 1. The van der Waals surface area contributed by atoms with E-state index in [1.165, 1.54) is 28.8 Å². The number of nitrogens with one attached hydrogen (secondary N) is 1. The van der Waals surface area contributed by atoms with Gasteiger partial charge in [0.15, 0.2) is 0 Å². The molecule has 1 aliphatic rings. The lowest BCUT2D eigenvalue weighted by Gasteiger charge is -2.20. The molecule has 1 N–H and O–H groups in total. The normalized spacial score (nSPS) is 13.6. The monoisotopic (exact) mass is 352 g/mol. The number of hydrogen-bond donors (Lipinski definition) is 1. The molecule has 1 aromatic carbocycles. The molecule has 0 spiro atoms. The predicted octanol–water partition coefficient (Wildman–Crippen LogP) is 1.55. The van der Waals surface area contributed by atoms with Gasteiger partial charge in [0.1, 0.15) is 11.8 Å². The van der Waals surface area contributed by atoms with E-state index in [2.05, 4.69) is 9.97 Å². The second-order valence-electron chi connectivity index (χ2n) is 5.66. The van der Waals surface area contributed by atoms with E-state index in [4.69, 9.17) is 5.26 Å². The molecule has 8 heteroatoms. The summed E-state index contributed by atoms with van der Waals surface area (Å²) in [6, 6.07) is 9.61. The fraction of sp³-hybridized carbons (Fsp3) is 0.118. The number of rotatable bonds is 2. The Morgan fingerprint density at radius 1 is 1.24 bits per heavy atom. The van der Waals surface area contributed by atoms with Crippen molar-refractivity contribution in [2.75, 3.05) is 10.8 Å². The van der Waals surface area contributed by atoms with E-state index < -0.39 is 10.0 Å². The lowest BCUT2D eigenvalue weighted by Crippen LogP contribution is -2.29. The SMILES string of the molecule is N#Cc1cc2c(cn1)CCN2S(=O)(=O)c1cccc2c(=O)[nH]ccc12. The average Bonchev–Trinajstić information content (AvgIpc) is 3.05. The van der Waals surface area contributed by atoms with Crippen LogP contribution in [0.5, 0.6) is 0 Å². The van der Waals surface area contributed by atoms with Crippen molar-refractivity contribution in [3.63, 3.8) is 0 Å². The zero-order chi connectivity index (χ0) is 17.6. The molecular weight excluding hydrogens is 340 g/mol. The van der Waals surface area contributed by atoms with Crippen LogP contribution in [0.15, 0.2) is 52.4 Å². The third kappa shape index (κ3) is 2.28. The second kappa shape index (κ2) is 5.43. The van der Waals surface area contributed by atoms with Crippen molar-refractivity contribution in [3.8, 4) is 6.07 Å². The second-order valence-corrected chi connectivity index (χ2v) is 7.49. The van der Waals surface area contributed by atoms with Crippen LogP contribution in [-0.4, -0.2) is 24.9 Å². The molecule has 0 atom stereocenters. The Labute approximate surface area is 143 Å². The third-order valence-corrected chi connectivity index (χ3v) is 6.14. The van der Waals surface area contributed by atoms with Crippen LogP contribution >= 0.6 is 0 Å². The number of anilines is 1. The highest BCUT2D eigenvalue weighted by Gasteiger charge is 2.32. The summed E-state index contributed by atoms with van der Waals surface area (Å²) in [7, 11) is -3.88. The van der Waals surface area contributed by atoms with Crippen LogP contribution in [0.25, 0.3) is 10.8 Å². The fourth-order valence-corrected chi connectivity index (χ4v) is 4.79. The minimum absolute atomic E-state index is 0.0688. The first-order chi connectivity index (χ1) is 12.0. The number of hydrogen-bond acceptors (Lipinski definition) is 5. The van der Waals surface area contributed by atoms with E-state index in [1.54, 1.807) is 18.2 Å². The minimum atomic E-state index is -3.88. The summed E-state index contributed by atoms with van der Waals surface area (Å²) in [5.41, 5.74) is 1.07. The Bertz CT molecular complexity index is 1210. The molecular formula is C17H12N4O3S. The number of benzene rings is 1. The molecule has 124 valence electrons. The number of pyridine rings is 2. The minimum Gasteiger partial charge on any atom is -0.329 e. The van der Waals surface area contributed by atoms with Gasteiger partial charge in [0, 0.05) is 29.7 Å². The molecule has 0 fully saturated rings. The van der Waals surface area contributed by atoms with Gasteiger partial charge in [-0.25, -0.2) is 13.4 Å². The van der Waals surface area contributed by atoms with Crippen LogP contribution in [0, 0.1) is 11.3 Å². The van der Waals surface area contributed by atoms with E-state index in [0.29, 0.717) is 22.9 Å². The summed E-state index contributed by atoms with van der Waals surface area (Å²) in [5.74, 6) is 0. The molecule has 7 nitrogen and oxygen atoms in total. The highest BCUT2D eigenvalue weighted by molar-refractivity contribution is 7.93. The Hall–Kier alpha value is -3.18. The first kappa shape index (κ1) is 15.4. The Morgan fingerprint density at radius 3 is 2.88 bits per heavy atom. The molecule has 0 amide bonds. The molecule has 0 aliphatic carbocycles. The summed E-state index contributed by atoms with van der Waals surface area (Å²) in [5, 5.41) is 9.71. The van der Waals surface area contributed by atoms with E-state index >= 15 is 0 Å². The first-order valence-electron chi connectivity index (χ1n) is 7.54. The molecule has 1 aliphatic heterocycles. The van der Waals surface area contributed by atoms with Gasteiger partial charge in [-0.05, 0) is 36.2 Å². The van der Waals surface area contributed by atoms with Crippen molar-refractivity contribution >= 4 is 26.5 Å². The largest absolute Gasteiger partial charge is 0.329 e. The van der Waals surface area contributed by atoms with Crippen molar-refractivity contribution in [1.29, 1.82) is 5.26 Å². The molecule has 3 aromatic rings. The standard InChI is InChI=1S/C17H12N4O3S/c18-9-12-8-15-11(10-20-12)5-7-21(15)25(23,24)16-3-1-2-14-13(16)4-6-19-17(14)22/h1-4,6,8,10H,5,7H2,(H,19,22). The summed E-state index contributed by atoms with van der Waals surface area (Å²) in [6.07, 6.45) is 3.50. The van der Waals surface area contributed by atoms with Crippen molar-refractivity contribution in [1.82, 2.24) is 9.97 Å². The van der Waals surface area contributed by atoms with Crippen LogP contribution in [-0.2, 0) is 16.4 Å². The van der Waals surface area contributed by atoms with E-state index in [-0.39, 0.29) is 22.7 Å². The number of sulfonamides is 1. The van der Waals surface area contributed by atoms with Gasteiger partial charge in [0.25, 0.3) is 15.6 Å². The number of nitrogens with zero attached hydrogens (tertiary/aromatic N) is 3. The van der Waals surface area contributed by atoms with Crippen LogP contribution in [0.4, 0.5) is 5.69 Å². The van der Waals surface area contributed by atoms with Gasteiger partial charge in [-0.3, -0.25) is 9.10 Å². The van der Waals surface area contributed by atoms with Crippen molar-refractivity contribution in [2.45, 2.75) is 11.3 Å². The Morgan fingerprint density at radius 2 is 2.08 bits per heavy atom. The van der Waals surface area contributed by atoms with Crippen LogP contribution in [0.2, 0.25) is 0 Å². The summed E-state index contributed by atoms with van der Waals surface area (Å²) in [4.78, 5) is 18.6. The van der Waals surface area contributed by atoms with Crippen LogP contribution in [0.1, 0.15) is 11.3 Å². The summed E-state index contributed by atoms with van der Waals surface area (Å²) < 4.78 is 27.7. The topological polar surface area (TPSA) is 107 Å². The highest BCUT2D eigenvalue weighted by atomic mass is 32.2. The molecule has 2 aromatic heterocycles. The third-order valence-electron chi connectivity index (χ3n) is 4.27. The van der Waals surface area contributed by atoms with Gasteiger partial charge in [-0.15, -0.1) is 0 Å². The van der Waals surface area contributed by atoms with Gasteiger partial charge in [0.05, 0.1) is 10.6 Å². The Balaban J connectivity index is 1.93. The smallest absolute Gasteiger partial charge is 0.264 e. The van der Waals surface area contributed by atoms with Crippen LogP contribution < -0.4 is 9.86 Å². The van der Waals surface area contributed by atoms with E-state index in [1.807, 2.05) is 6.07 Å². The number of aromatic amines is 1. The van der Waals surface area contributed by atoms with Gasteiger partial charge in [0.2, 0.25) is 0 Å². The lowest BCUT2D eigenvalue weighted by molar-refractivity contribution is 0.593. The van der Waals surface area contributed by atoms with E-state index in [9.17, 15) is 13.2 Å². The van der Waals surface area contributed by atoms with Crippen molar-refractivity contribution in [2.24, 2.45) is 0 Å². The lowest BCUT2D eigenvalue weighted by atomic mass is 10.2. The average molecular weight is 352 g/mol.